The maximum Gasteiger partial charge on any atom is 0.573 e. The predicted octanol–water partition coefficient (Wildman–Crippen LogP) is 7.97. The second-order valence-corrected chi connectivity index (χ2v) is 7.80. The Bertz CT molecular complexity index is 1160. The van der Waals surface area contributed by atoms with Crippen molar-refractivity contribution in [1.29, 1.82) is 0 Å². The van der Waals surface area contributed by atoms with E-state index in [9.17, 15) is 17.6 Å². The van der Waals surface area contributed by atoms with Crippen molar-refractivity contribution >= 4 is 11.6 Å². The van der Waals surface area contributed by atoms with Crippen molar-refractivity contribution in [3.8, 4) is 16.9 Å². The van der Waals surface area contributed by atoms with Crippen LogP contribution in [0.5, 0.6) is 5.75 Å². The van der Waals surface area contributed by atoms with Gasteiger partial charge in [-0.2, -0.15) is 0 Å². The third-order valence-electron chi connectivity index (χ3n) is 5.59. The Balaban J connectivity index is 1.63. The number of halogens is 5. The summed E-state index contributed by atoms with van der Waals surface area (Å²) in [5.41, 5.74) is 5.06. The second-order valence-electron chi connectivity index (χ2n) is 7.80. The number of hydrogen-bond donors (Lipinski definition) is 0. The van der Waals surface area contributed by atoms with Crippen molar-refractivity contribution in [2.45, 2.75) is 39.0 Å². The molecule has 0 unspecified atom stereocenters. The quantitative estimate of drug-likeness (QED) is 0.363. The number of aryl methyl sites for hydroxylation is 1. The molecule has 3 aromatic rings. The summed E-state index contributed by atoms with van der Waals surface area (Å²) in [6.45, 7) is 2.14. The topological polar surface area (TPSA) is 9.23 Å². The molecule has 0 amide bonds. The predicted molar refractivity (Wildman–Crippen MR) is 115 cm³/mol. The first-order valence-corrected chi connectivity index (χ1v) is 10.4. The highest BCUT2D eigenvalue weighted by molar-refractivity contribution is 5.85. The summed E-state index contributed by atoms with van der Waals surface area (Å²) in [5, 5.41) is 0. The van der Waals surface area contributed by atoms with E-state index in [0.29, 0.717) is 18.4 Å². The molecule has 0 bridgehead atoms. The third-order valence-corrected chi connectivity index (χ3v) is 5.59. The van der Waals surface area contributed by atoms with Crippen LogP contribution in [0.4, 0.5) is 22.0 Å². The van der Waals surface area contributed by atoms with Crippen LogP contribution < -0.4 is 4.74 Å². The van der Waals surface area contributed by atoms with Crippen LogP contribution in [0.3, 0.4) is 0 Å². The lowest BCUT2D eigenvalue weighted by molar-refractivity contribution is -0.275. The van der Waals surface area contributed by atoms with Crippen LogP contribution in [-0.2, 0) is 12.8 Å². The number of rotatable bonds is 5. The van der Waals surface area contributed by atoms with Gasteiger partial charge in [-0.05, 0) is 64.8 Å². The highest BCUT2D eigenvalue weighted by Gasteiger charge is 2.32. The lowest BCUT2D eigenvalue weighted by Gasteiger charge is -2.19. The fraction of sp³-hybridized carbons (Fsp3) is 0.231. The molecule has 4 rings (SSSR count). The fourth-order valence-corrected chi connectivity index (χ4v) is 4.05. The molecule has 1 aliphatic carbocycles. The van der Waals surface area contributed by atoms with Crippen molar-refractivity contribution in [3.63, 3.8) is 0 Å². The van der Waals surface area contributed by atoms with Crippen LogP contribution >= 0.6 is 0 Å². The van der Waals surface area contributed by atoms with Gasteiger partial charge in [-0.15, -0.1) is 13.2 Å². The standard InChI is InChI=1S/C26H21F5O/c1-2-3-16-4-6-17(7-5-16)18-8-11-21-19(14-18)9-12-22(25(21)28)20-10-13-24(23(27)15-20)32-26(29,30)31/h4-7,9-10,12-15H,2-3,8,11H2,1H3. The van der Waals surface area contributed by atoms with Crippen molar-refractivity contribution < 1.29 is 26.7 Å². The Labute approximate surface area is 183 Å². The minimum Gasteiger partial charge on any atom is -0.403 e. The van der Waals surface area contributed by atoms with Crippen molar-refractivity contribution in [2.75, 3.05) is 0 Å². The van der Waals surface area contributed by atoms with Gasteiger partial charge in [0.1, 0.15) is 5.82 Å². The molecule has 0 spiro atoms. The molecule has 0 fully saturated rings. The van der Waals surface area contributed by atoms with Gasteiger partial charge in [0.2, 0.25) is 0 Å². The normalized spacial score (nSPS) is 13.5. The Morgan fingerprint density at radius 2 is 1.59 bits per heavy atom. The molecular formula is C26H21F5O. The Kier molecular flexibility index (Phi) is 6.04. The summed E-state index contributed by atoms with van der Waals surface area (Å²) in [7, 11) is 0. The number of allylic oxidation sites excluding steroid dienone is 1. The van der Waals surface area contributed by atoms with Crippen LogP contribution in [0.1, 0.15) is 42.0 Å². The van der Waals surface area contributed by atoms with E-state index >= 15 is 4.39 Å². The lowest BCUT2D eigenvalue weighted by Crippen LogP contribution is -2.17. The molecule has 3 aromatic carbocycles. The van der Waals surface area contributed by atoms with E-state index in [2.05, 4.69) is 35.9 Å². The second kappa shape index (κ2) is 8.77. The van der Waals surface area contributed by atoms with E-state index in [1.165, 1.54) is 17.7 Å². The Morgan fingerprint density at radius 1 is 0.875 bits per heavy atom. The zero-order valence-corrected chi connectivity index (χ0v) is 17.4. The number of benzene rings is 3. The van der Waals surface area contributed by atoms with E-state index in [4.69, 9.17) is 0 Å². The van der Waals surface area contributed by atoms with Gasteiger partial charge in [0.15, 0.2) is 11.6 Å². The molecule has 0 radical (unpaired) electrons. The van der Waals surface area contributed by atoms with Gasteiger partial charge in [0.05, 0.1) is 0 Å². The fourth-order valence-electron chi connectivity index (χ4n) is 4.05. The first-order valence-electron chi connectivity index (χ1n) is 10.4. The zero-order valence-electron chi connectivity index (χ0n) is 17.4. The highest BCUT2D eigenvalue weighted by atomic mass is 19.4. The molecule has 0 aromatic heterocycles. The van der Waals surface area contributed by atoms with E-state index in [0.717, 1.165) is 41.7 Å². The highest BCUT2D eigenvalue weighted by Crippen LogP contribution is 2.37. The van der Waals surface area contributed by atoms with Crippen molar-refractivity contribution in [2.24, 2.45) is 0 Å². The summed E-state index contributed by atoms with van der Waals surface area (Å²) in [6, 6.07) is 14.6. The molecule has 0 saturated heterocycles. The van der Waals surface area contributed by atoms with E-state index in [-0.39, 0.29) is 11.1 Å². The molecule has 0 N–H and O–H groups in total. The lowest BCUT2D eigenvalue weighted by atomic mass is 9.86. The van der Waals surface area contributed by atoms with Gasteiger partial charge in [-0.3, -0.25) is 0 Å². The molecule has 32 heavy (non-hydrogen) atoms. The van der Waals surface area contributed by atoms with Crippen LogP contribution in [0.25, 0.3) is 22.8 Å². The minimum absolute atomic E-state index is 0.141. The van der Waals surface area contributed by atoms with Gasteiger partial charge >= 0.3 is 6.36 Å². The van der Waals surface area contributed by atoms with Gasteiger partial charge in [-0.25, -0.2) is 8.78 Å². The molecule has 6 heteroatoms. The molecule has 0 saturated carbocycles. The average Bonchev–Trinajstić information content (AvgIpc) is 2.75. The van der Waals surface area contributed by atoms with Crippen molar-refractivity contribution in [1.82, 2.24) is 0 Å². The SMILES string of the molecule is CCCc1ccc(C2=Cc3ccc(-c4ccc(OC(F)(F)F)c(F)c4)c(F)c3CC2)cc1. The maximum absolute atomic E-state index is 15.2. The van der Waals surface area contributed by atoms with Crippen LogP contribution in [0.2, 0.25) is 0 Å². The Morgan fingerprint density at radius 3 is 2.25 bits per heavy atom. The summed E-state index contributed by atoms with van der Waals surface area (Å²) < 4.78 is 70.0. The van der Waals surface area contributed by atoms with E-state index in [1.54, 1.807) is 6.07 Å². The van der Waals surface area contributed by atoms with Crippen LogP contribution in [0.15, 0.2) is 54.6 Å². The number of fused-ring (bicyclic) bond motifs is 1. The molecule has 0 atom stereocenters. The Hall–Kier alpha value is -3.15. The number of alkyl halides is 3. The average molecular weight is 444 g/mol. The molecule has 166 valence electrons. The number of ether oxygens (including phenoxy) is 1. The monoisotopic (exact) mass is 444 g/mol. The van der Waals surface area contributed by atoms with Gasteiger partial charge in [0.25, 0.3) is 0 Å². The first-order chi connectivity index (χ1) is 15.2. The van der Waals surface area contributed by atoms with Crippen LogP contribution in [0, 0.1) is 11.6 Å². The molecular weight excluding hydrogens is 423 g/mol. The molecule has 1 nitrogen and oxygen atoms in total. The molecule has 1 aliphatic rings. The summed E-state index contributed by atoms with van der Waals surface area (Å²) >= 11 is 0. The minimum atomic E-state index is -5.00. The summed E-state index contributed by atoms with van der Waals surface area (Å²) in [6.07, 6.45) is 0.211. The van der Waals surface area contributed by atoms with Gasteiger partial charge in [0, 0.05) is 5.56 Å². The molecule has 0 aliphatic heterocycles. The first kappa shape index (κ1) is 22.1. The summed E-state index contributed by atoms with van der Waals surface area (Å²) in [4.78, 5) is 0. The van der Waals surface area contributed by atoms with E-state index < -0.39 is 23.7 Å². The largest absolute Gasteiger partial charge is 0.573 e. The van der Waals surface area contributed by atoms with Gasteiger partial charge in [-0.1, -0.05) is 61.9 Å². The zero-order chi connectivity index (χ0) is 22.9. The number of hydrogen-bond acceptors (Lipinski definition) is 1. The molecule has 0 heterocycles. The van der Waals surface area contributed by atoms with Crippen molar-refractivity contribution in [3.05, 3.63) is 88.5 Å². The third kappa shape index (κ3) is 4.69. The maximum atomic E-state index is 15.2. The smallest absolute Gasteiger partial charge is 0.403 e. The summed E-state index contributed by atoms with van der Waals surface area (Å²) in [5.74, 6) is -2.64. The van der Waals surface area contributed by atoms with Gasteiger partial charge < -0.3 is 4.74 Å². The van der Waals surface area contributed by atoms with E-state index in [1.807, 2.05) is 6.08 Å². The van der Waals surface area contributed by atoms with Crippen LogP contribution in [-0.4, -0.2) is 6.36 Å².